The van der Waals surface area contributed by atoms with E-state index in [-0.39, 0.29) is 10.4 Å². The Morgan fingerprint density at radius 2 is 2.17 bits per heavy atom. The zero-order valence-corrected chi connectivity index (χ0v) is 14.5. The number of aryl methyl sites for hydroxylation is 1. The number of hydrogen-bond acceptors (Lipinski definition) is 4. The molecule has 23 heavy (non-hydrogen) atoms. The molecular weight excluding hydrogens is 320 g/mol. The molecule has 0 bridgehead atoms. The third-order valence-electron chi connectivity index (χ3n) is 4.54. The number of carbonyl (C=O) groups is 1. The molecule has 0 spiro atoms. The summed E-state index contributed by atoms with van der Waals surface area (Å²) in [5.74, 6) is 0.315. The van der Waals surface area contributed by atoms with Crippen molar-refractivity contribution in [3.63, 3.8) is 0 Å². The second-order valence-corrected chi connectivity index (χ2v) is 8.31. The van der Waals surface area contributed by atoms with Crippen molar-refractivity contribution in [3.8, 4) is 0 Å². The van der Waals surface area contributed by atoms with Crippen LogP contribution in [0.3, 0.4) is 0 Å². The Morgan fingerprint density at radius 1 is 1.52 bits per heavy atom. The van der Waals surface area contributed by atoms with Crippen LogP contribution in [0.5, 0.6) is 0 Å². The van der Waals surface area contributed by atoms with Crippen molar-refractivity contribution in [3.05, 3.63) is 11.9 Å². The van der Waals surface area contributed by atoms with Crippen LogP contribution < -0.4 is 5.14 Å². The van der Waals surface area contributed by atoms with Crippen LogP contribution in [-0.2, 0) is 16.6 Å². The first-order chi connectivity index (χ1) is 10.5. The minimum absolute atomic E-state index is 0.0524. The van der Waals surface area contributed by atoms with Crippen molar-refractivity contribution >= 4 is 16.1 Å². The van der Waals surface area contributed by atoms with E-state index >= 15 is 0 Å². The van der Waals surface area contributed by atoms with Crippen molar-refractivity contribution < 1.29 is 18.3 Å². The van der Waals surface area contributed by atoms with E-state index in [0.717, 1.165) is 19.3 Å². The molecule has 8 nitrogen and oxygen atoms in total. The fourth-order valence-corrected chi connectivity index (χ4v) is 4.09. The van der Waals surface area contributed by atoms with Gasteiger partial charge in [0, 0.05) is 18.6 Å². The third-order valence-corrected chi connectivity index (χ3v) is 5.55. The number of primary sulfonamides is 1. The molecule has 130 valence electrons. The molecule has 1 aliphatic heterocycles. The lowest BCUT2D eigenvalue weighted by molar-refractivity contribution is 0.117. The predicted octanol–water partition coefficient (Wildman–Crippen LogP) is 1.40. The van der Waals surface area contributed by atoms with Crippen molar-refractivity contribution in [2.24, 2.45) is 11.1 Å². The van der Waals surface area contributed by atoms with Crippen LogP contribution in [0.2, 0.25) is 0 Å². The van der Waals surface area contributed by atoms with Gasteiger partial charge in [-0.25, -0.2) is 18.4 Å². The van der Waals surface area contributed by atoms with Gasteiger partial charge in [-0.3, -0.25) is 4.68 Å². The van der Waals surface area contributed by atoms with E-state index in [1.54, 1.807) is 11.6 Å². The Kier molecular flexibility index (Phi) is 4.72. The number of rotatable bonds is 5. The summed E-state index contributed by atoms with van der Waals surface area (Å²) in [5.41, 5.74) is 0.199. The fourth-order valence-electron chi connectivity index (χ4n) is 3.38. The number of hydrogen-bond donors (Lipinski definition) is 2. The molecular formula is C14H24N4O4S. The molecule has 1 aliphatic rings. The van der Waals surface area contributed by atoms with E-state index in [9.17, 15) is 18.3 Å². The molecule has 1 fully saturated rings. The number of nitrogens with two attached hydrogens (primary N) is 1. The van der Waals surface area contributed by atoms with E-state index in [1.165, 1.54) is 11.1 Å². The van der Waals surface area contributed by atoms with Gasteiger partial charge >= 0.3 is 6.09 Å². The molecule has 1 aromatic rings. The van der Waals surface area contributed by atoms with Crippen LogP contribution in [0, 0.1) is 12.8 Å². The molecule has 0 saturated carbocycles. The summed E-state index contributed by atoms with van der Waals surface area (Å²) in [6, 6.07) is 0. The smallest absolute Gasteiger partial charge is 0.407 e. The zero-order chi connectivity index (χ0) is 17.4. The van der Waals surface area contributed by atoms with Crippen LogP contribution in [0.1, 0.15) is 38.8 Å². The molecule has 1 aromatic heterocycles. The highest BCUT2D eigenvalue weighted by molar-refractivity contribution is 7.89. The number of aromatic nitrogens is 2. The molecule has 0 aliphatic carbocycles. The van der Waals surface area contributed by atoms with Crippen LogP contribution in [0.25, 0.3) is 0 Å². The summed E-state index contributed by atoms with van der Waals surface area (Å²) >= 11 is 0. The molecule has 0 radical (unpaired) electrons. The topological polar surface area (TPSA) is 119 Å². The first-order valence-corrected chi connectivity index (χ1v) is 9.13. The first kappa shape index (κ1) is 17.7. The lowest BCUT2D eigenvalue weighted by Crippen LogP contribution is -2.41. The molecule has 0 aromatic carbocycles. The van der Waals surface area contributed by atoms with Crippen LogP contribution in [0.15, 0.2) is 11.1 Å². The van der Waals surface area contributed by atoms with Crippen molar-refractivity contribution in [1.82, 2.24) is 14.7 Å². The highest BCUT2D eigenvalue weighted by atomic mass is 32.2. The van der Waals surface area contributed by atoms with Crippen molar-refractivity contribution in [2.45, 2.75) is 57.0 Å². The summed E-state index contributed by atoms with van der Waals surface area (Å²) in [6.07, 6.45) is 2.91. The van der Waals surface area contributed by atoms with E-state index in [2.05, 4.69) is 5.10 Å². The Bertz CT molecular complexity index is 696. The largest absolute Gasteiger partial charge is 0.465 e. The van der Waals surface area contributed by atoms with Crippen LogP contribution in [-0.4, -0.2) is 46.4 Å². The van der Waals surface area contributed by atoms with Gasteiger partial charge in [0.2, 0.25) is 10.0 Å². The number of sulfonamides is 1. The SMILES string of the molecule is Cc1c(S(N)(=O)=O)cnn1CCC[C@@H]1CN(C(=O)O)C(C)(C)C1. The Labute approximate surface area is 136 Å². The van der Waals surface area contributed by atoms with Gasteiger partial charge in [0.15, 0.2) is 0 Å². The highest BCUT2D eigenvalue weighted by Gasteiger charge is 2.40. The number of carboxylic acid groups (broad SMARTS) is 1. The van der Waals surface area contributed by atoms with Gasteiger partial charge in [0.05, 0.1) is 11.9 Å². The lowest BCUT2D eigenvalue weighted by Gasteiger charge is -2.28. The van der Waals surface area contributed by atoms with Crippen molar-refractivity contribution in [1.29, 1.82) is 0 Å². The molecule has 2 rings (SSSR count). The predicted molar refractivity (Wildman–Crippen MR) is 84.5 cm³/mol. The fraction of sp³-hybridized carbons (Fsp3) is 0.714. The first-order valence-electron chi connectivity index (χ1n) is 7.58. The zero-order valence-electron chi connectivity index (χ0n) is 13.7. The van der Waals surface area contributed by atoms with Crippen molar-refractivity contribution in [2.75, 3.05) is 6.54 Å². The monoisotopic (exact) mass is 344 g/mol. The Balaban J connectivity index is 1.92. The summed E-state index contributed by atoms with van der Waals surface area (Å²) in [5, 5.41) is 18.4. The highest BCUT2D eigenvalue weighted by Crippen LogP contribution is 2.35. The second kappa shape index (κ2) is 6.12. The van der Waals surface area contributed by atoms with Crippen LogP contribution >= 0.6 is 0 Å². The maximum atomic E-state index is 11.4. The Morgan fingerprint density at radius 3 is 2.65 bits per heavy atom. The molecule has 1 amide bonds. The molecule has 9 heteroatoms. The van der Waals surface area contributed by atoms with Gasteiger partial charge in [0.25, 0.3) is 0 Å². The lowest BCUT2D eigenvalue weighted by atomic mass is 9.93. The Hall–Kier alpha value is -1.61. The van der Waals surface area contributed by atoms with E-state index in [4.69, 9.17) is 5.14 Å². The normalized spacial score (nSPS) is 20.9. The van der Waals surface area contributed by atoms with E-state index in [1.807, 2.05) is 13.8 Å². The van der Waals surface area contributed by atoms with Gasteiger partial charge in [-0.1, -0.05) is 0 Å². The maximum Gasteiger partial charge on any atom is 0.407 e. The van der Waals surface area contributed by atoms with Gasteiger partial charge in [0.1, 0.15) is 4.90 Å². The molecule has 1 saturated heterocycles. The minimum Gasteiger partial charge on any atom is -0.465 e. The molecule has 3 N–H and O–H groups in total. The summed E-state index contributed by atoms with van der Waals surface area (Å²) in [7, 11) is -3.74. The molecule has 2 heterocycles. The van der Waals surface area contributed by atoms with Gasteiger partial charge < -0.3 is 10.0 Å². The van der Waals surface area contributed by atoms with Crippen LogP contribution in [0.4, 0.5) is 4.79 Å². The number of likely N-dealkylation sites (tertiary alicyclic amines) is 1. The minimum atomic E-state index is -3.74. The van der Waals surface area contributed by atoms with Gasteiger partial charge in [-0.2, -0.15) is 5.10 Å². The summed E-state index contributed by atoms with van der Waals surface area (Å²) in [6.45, 7) is 6.69. The third kappa shape index (κ3) is 3.84. The average Bonchev–Trinajstić information content (AvgIpc) is 2.89. The molecule has 1 atom stereocenters. The van der Waals surface area contributed by atoms with E-state index in [0.29, 0.717) is 24.7 Å². The standard InChI is InChI=1S/C14H24N4O4S/c1-10-12(23(15,21)22)8-16-18(10)6-4-5-11-7-14(2,3)17(9-11)13(19)20/h8,11H,4-7,9H2,1-3H3,(H,19,20)(H2,15,21,22)/t11-/m0/s1. The summed E-state index contributed by atoms with van der Waals surface area (Å²) in [4.78, 5) is 12.8. The maximum absolute atomic E-state index is 11.4. The van der Waals surface area contributed by atoms with Gasteiger partial charge in [-0.05, 0) is 46.0 Å². The van der Waals surface area contributed by atoms with E-state index < -0.39 is 16.1 Å². The second-order valence-electron chi connectivity index (χ2n) is 6.78. The quantitative estimate of drug-likeness (QED) is 0.837. The number of amides is 1. The average molecular weight is 344 g/mol. The summed E-state index contributed by atoms with van der Waals surface area (Å²) < 4.78 is 24.4. The molecule has 0 unspecified atom stereocenters. The van der Waals surface area contributed by atoms with Gasteiger partial charge in [-0.15, -0.1) is 0 Å². The number of nitrogens with zero attached hydrogens (tertiary/aromatic N) is 3.